The number of benzene rings is 3. The van der Waals surface area contributed by atoms with Crippen LogP contribution in [0.4, 0.5) is 5.69 Å². The summed E-state index contributed by atoms with van der Waals surface area (Å²) in [6.07, 6.45) is 0. The van der Waals surface area contributed by atoms with E-state index in [2.05, 4.69) is 45.4 Å². The van der Waals surface area contributed by atoms with Crippen LogP contribution < -0.4 is 9.59 Å². The number of quaternary nitrogens is 1. The van der Waals surface area contributed by atoms with Gasteiger partial charge in [-0.15, -0.1) is 0 Å². The van der Waals surface area contributed by atoms with Gasteiger partial charge in [-0.3, -0.25) is 4.48 Å². The van der Waals surface area contributed by atoms with Crippen molar-refractivity contribution in [2.45, 2.75) is 9.79 Å². The van der Waals surface area contributed by atoms with Crippen molar-refractivity contribution in [1.29, 1.82) is 0 Å². The average molecular weight is 426 g/mol. The Morgan fingerprint density at radius 2 is 1.20 bits per heavy atom. The van der Waals surface area contributed by atoms with Gasteiger partial charge in [-0.2, -0.15) is 0 Å². The maximum Gasteiger partial charge on any atom is 0.340 e. The molecule has 7 heteroatoms. The minimum atomic E-state index is -1.91. The second-order valence-electron chi connectivity index (χ2n) is 7.20. The third-order valence-corrected chi connectivity index (χ3v) is 5.67. The molecule has 1 unspecified atom stereocenters. The molecule has 1 atom stereocenters. The summed E-state index contributed by atoms with van der Waals surface area (Å²) in [5.41, 5.74) is 0.993. The topological polar surface area (TPSA) is 100 Å². The van der Waals surface area contributed by atoms with E-state index >= 15 is 0 Å². The molecule has 6 nitrogen and oxygen atoms in total. The number of hydrogen-bond donors (Lipinski definition) is 1. The number of carboxylic acids is 2. The van der Waals surface area contributed by atoms with E-state index < -0.39 is 23.1 Å². The number of rotatable bonds is 5. The minimum Gasteiger partial charge on any atom is -0.606 e. The Morgan fingerprint density at radius 1 is 0.767 bits per heavy atom. The molecule has 0 saturated carbocycles. The van der Waals surface area contributed by atoms with Crippen molar-refractivity contribution >= 4 is 28.8 Å². The summed E-state index contributed by atoms with van der Waals surface area (Å²) in [5, 5.41) is 20.1. The highest BCUT2D eigenvalue weighted by molar-refractivity contribution is 7.91. The Kier molecular flexibility index (Phi) is 7.77. The van der Waals surface area contributed by atoms with Gasteiger partial charge in [-0.05, 0) is 36.4 Å². The zero-order chi connectivity index (χ0) is 22.3. The number of carbonyl (C=O) groups excluding carboxylic acids is 1. The molecule has 0 radical (unpaired) electrons. The molecule has 0 aliphatic carbocycles. The number of para-hydroxylation sites is 1. The van der Waals surface area contributed by atoms with Crippen LogP contribution in [0.2, 0.25) is 0 Å². The number of carbonyl (C=O) groups is 2. The van der Waals surface area contributed by atoms with Crippen molar-refractivity contribution in [3.05, 3.63) is 90.0 Å². The minimum absolute atomic E-state index is 0.0150. The quantitative estimate of drug-likeness (QED) is 0.500. The van der Waals surface area contributed by atoms with Crippen molar-refractivity contribution in [2.24, 2.45) is 0 Å². The van der Waals surface area contributed by atoms with E-state index in [4.69, 9.17) is 5.11 Å². The van der Waals surface area contributed by atoms with E-state index in [9.17, 15) is 19.2 Å². The van der Waals surface area contributed by atoms with Crippen molar-refractivity contribution in [2.75, 3.05) is 21.1 Å². The molecule has 0 aromatic heterocycles. The summed E-state index contributed by atoms with van der Waals surface area (Å²) in [6, 6.07) is 21.9. The first kappa shape index (κ1) is 23.2. The predicted molar refractivity (Wildman–Crippen MR) is 115 cm³/mol. The van der Waals surface area contributed by atoms with Gasteiger partial charge < -0.3 is 19.6 Å². The molecule has 3 aromatic rings. The standard InChI is InChI=1S/C14H10O5S.C9H14N/c15-13(16)9-5-1-3-7-11(9)20(19)12-8-4-2-6-10(12)14(17)18;1-10(2,3)9-7-5-4-6-8-9/h1-8H,(H,15,16)(H,17,18);4-8H,1-3H3/q;+1/p-1. The summed E-state index contributed by atoms with van der Waals surface area (Å²) in [6.45, 7) is 0. The van der Waals surface area contributed by atoms with Crippen LogP contribution in [0.5, 0.6) is 0 Å². The summed E-state index contributed by atoms with van der Waals surface area (Å²) in [7, 11) is 6.49. The first-order chi connectivity index (χ1) is 14.1. The number of hydrogen-bond acceptors (Lipinski definition) is 4. The van der Waals surface area contributed by atoms with Gasteiger partial charge in [0.1, 0.15) is 11.3 Å². The number of nitrogens with zero attached hydrogens (tertiary/aromatic N) is 1. The van der Waals surface area contributed by atoms with Crippen molar-refractivity contribution in [1.82, 2.24) is 4.48 Å². The lowest BCUT2D eigenvalue weighted by atomic mass is 10.2. The van der Waals surface area contributed by atoms with Crippen molar-refractivity contribution in [3.8, 4) is 0 Å². The van der Waals surface area contributed by atoms with Crippen LogP contribution in [0.25, 0.3) is 0 Å². The van der Waals surface area contributed by atoms with Crippen LogP contribution in [0.15, 0.2) is 88.7 Å². The first-order valence-corrected chi connectivity index (χ1v) is 10.2. The van der Waals surface area contributed by atoms with Crippen LogP contribution in [0.1, 0.15) is 20.7 Å². The highest BCUT2D eigenvalue weighted by Gasteiger charge is 2.25. The molecule has 0 amide bonds. The molecular formula is C23H23NO5S. The Hall–Kier alpha value is -3.13. The molecule has 0 saturated heterocycles. The summed E-state index contributed by atoms with van der Waals surface area (Å²) in [5.74, 6) is -2.68. The fraction of sp³-hybridized carbons (Fsp3) is 0.130. The zero-order valence-electron chi connectivity index (χ0n) is 16.9. The lowest BCUT2D eigenvalue weighted by Gasteiger charge is -2.22. The van der Waals surface area contributed by atoms with Crippen LogP contribution in [-0.4, -0.2) is 42.7 Å². The monoisotopic (exact) mass is 425 g/mol. The molecular weight excluding hydrogens is 402 g/mol. The predicted octanol–water partition coefficient (Wildman–Crippen LogP) is 2.80. The van der Waals surface area contributed by atoms with E-state index in [1.54, 1.807) is 6.07 Å². The highest BCUT2D eigenvalue weighted by atomic mass is 32.2. The molecule has 0 bridgehead atoms. The molecule has 3 rings (SSSR count). The van der Waals surface area contributed by atoms with E-state index in [1.807, 2.05) is 6.07 Å². The lowest BCUT2D eigenvalue weighted by molar-refractivity contribution is -0.255. The van der Waals surface area contributed by atoms with Gasteiger partial charge >= 0.3 is 5.97 Å². The first-order valence-electron chi connectivity index (χ1n) is 9.04. The Labute approximate surface area is 178 Å². The number of aromatic carboxylic acids is 2. The molecule has 0 aliphatic heterocycles. The van der Waals surface area contributed by atoms with Crippen LogP contribution in [-0.2, 0) is 11.2 Å². The smallest absolute Gasteiger partial charge is 0.340 e. The lowest BCUT2D eigenvalue weighted by Crippen LogP contribution is -2.34. The van der Waals surface area contributed by atoms with Gasteiger partial charge in [-0.25, -0.2) is 4.79 Å². The second-order valence-corrected chi connectivity index (χ2v) is 8.62. The maximum absolute atomic E-state index is 12.5. The van der Waals surface area contributed by atoms with E-state index in [1.165, 1.54) is 48.2 Å². The van der Waals surface area contributed by atoms with Crippen molar-refractivity contribution in [3.63, 3.8) is 0 Å². The Bertz CT molecular complexity index is 958. The van der Waals surface area contributed by atoms with E-state index in [0.29, 0.717) is 0 Å². The molecule has 1 N–H and O–H groups in total. The van der Waals surface area contributed by atoms with Gasteiger partial charge in [0.2, 0.25) is 0 Å². The summed E-state index contributed by atoms with van der Waals surface area (Å²) in [4.78, 5) is 22.2. The summed E-state index contributed by atoms with van der Waals surface area (Å²) < 4.78 is 13.3. The van der Waals surface area contributed by atoms with E-state index in [0.717, 1.165) is 4.48 Å². The maximum atomic E-state index is 12.5. The average Bonchev–Trinajstić information content (AvgIpc) is 2.73. The number of carboxylic acid groups (broad SMARTS) is 2. The van der Waals surface area contributed by atoms with E-state index in [-0.39, 0.29) is 20.9 Å². The van der Waals surface area contributed by atoms with Crippen molar-refractivity contribution < 1.29 is 24.4 Å². The molecule has 156 valence electrons. The van der Waals surface area contributed by atoms with Gasteiger partial charge in [0.05, 0.1) is 32.7 Å². The Balaban J connectivity index is 0.000000269. The molecule has 30 heavy (non-hydrogen) atoms. The van der Waals surface area contributed by atoms with Gasteiger partial charge in [-0.1, -0.05) is 42.5 Å². The zero-order valence-corrected chi connectivity index (χ0v) is 17.8. The third kappa shape index (κ3) is 5.93. The normalized spacial score (nSPS) is 11.7. The van der Waals surface area contributed by atoms with Gasteiger partial charge in [0.15, 0.2) is 9.79 Å². The summed E-state index contributed by atoms with van der Waals surface area (Å²) >= 11 is -1.91. The molecule has 0 aliphatic rings. The largest absolute Gasteiger partial charge is 0.606 e. The van der Waals surface area contributed by atoms with Crippen LogP contribution in [0.3, 0.4) is 0 Å². The van der Waals surface area contributed by atoms with Gasteiger partial charge in [0.25, 0.3) is 0 Å². The SMILES string of the molecule is C[N+](C)(C)c1ccccc1.O=C([O-])c1ccccc1[S+]([O-])c1ccccc1C(=O)O. The second kappa shape index (κ2) is 10.1. The van der Waals surface area contributed by atoms with Gasteiger partial charge in [0, 0.05) is 11.2 Å². The van der Waals surface area contributed by atoms with Crippen LogP contribution >= 0.6 is 0 Å². The molecule has 0 spiro atoms. The molecule has 0 heterocycles. The molecule has 3 aromatic carbocycles. The fourth-order valence-corrected chi connectivity index (χ4v) is 3.94. The Morgan fingerprint density at radius 3 is 1.63 bits per heavy atom. The fourth-order valence-electron chi connectivity index (χ4n) is 2.60. The third-order valence-electron chi connectivity index (χ3n) is 4.15. The highest BCUT2D eigenvalue weighted by Crippen LogP contribution is 2.26. The van der Waals surface area contributed by atoms with Crippen LogP contribution in [0, 0.1) is 0 Å². The molecule has 0 fully saturated rings.